The molecule has 0 saturated carbocycles. The number of nitrogens with two attached hydrogens (primary N) is 1. The Bertz CT molecular complexity index is 1360. The van der Waals surface area contributed by atoms with Crippen LogP contribution in [0.3, 0.4) is 0 Å². The Morgan fingerprint density at radius 1 is 1.03 bits per heavy atom. The number of carbonyl (C=O) groups is 3. The van der Waals surface area contributed by atoms with E-state index in [4.69, 9.17) is 24.7 Å². The highest BCUT2D eigenvalue weighted by Gasteiger charge is 2.43. The topological polar surface area (TPSA) is 144 Å². The van der Waals surface area contributed by atoms with E-state index >= 15 is 0 Å². The van der Waals surface area contributed by atoms with Crippen molar-refractivity contribution in [2.45, 2.75) is 5.92 Å². The maximum absolute atomic E-state index is 13.2. The summed E-state index contributed by atoms with van der Waals surface area (Å²) < 4.78 is 21.1. The Kier molecular flexibility index (Phi) is 8.48. The van der Waals surface area contributed by atoms with E-state index in [0.29, 0.717) is 43.3 Å². The van der Waals surface area contributed by atoms with E-state index < -0.39 is 17.9 Å². The first-order chi connectivity index (χ1) is 18.9. The molecular formula is C28H28N4O7. The number of amides is 1. The minimum absolute atomic E-state index is 0.0445. The molecule has 0 bridgehead atoms. The van der Waals surface area contributed by atoms with E-state index in [1.807, 2.05) is 0 Å². The van der Waals surface area contributed by atoms with Crippen LogP contribution in [0.1, 0.15) is 11.5 Å². The van der Waals surface area contributed by atoms with E-state index in [1.54, 1.807) is 59.5 Å². The number of carbonyl (C=O) groups excluding carboxylic acids is 3. The van der Waals surface area contributed by atoms with Crippen LogP contribution >= 0.6 is 0 Å². The van der Waals surface area contributed by atoms with Crippen LogP contribution in [-0.4, -0.2) is 69.9 Å². The van der Waals surface area contributed by atoms with Gasteiger partial charge in [-0.25, -0.2) is 9.59 Å². The lowest BCUT2D eigenvalue weighted by Crippen LogP contribution is -2.43. The first kappa shape index (κ1) is 27.2. The van der Waals surface area contributed by atoms with Crippen molar-refractivity contribution >= 4 is 23.5 Å². The highest BCUT2D eigenvalue weighted by atomic mass is 16.5. The van der Waals surface area contributed by atoms with Crippen molar-refractivity contribution in [2.24, 2.45) is 5.73 Å². The molecule has 202 valence electrons. The number of allylic oxidation sites excluding steroid dienone is 1. The quantitative estimate of drug-likeness (QED) is 0.524. The number of nitrogens with zero attached hydrogens (tertiary/aromatic N) is 3. The van der Waals surface area contributed by atoms with Gasteiger partial charge in [0, 0.05) is 19.2 Å². The van der Waals surface area contributed by atoms with Gasteiger partial charge in [-0.15, -0.1) is 0 Å². The maximum atomic E-state index is 13.2. The van der Waals surface area contributed by atoms with E-state index in [1.165, 1.54) is 19.1 Å². The lowest BCUT2D eigenvalue weighted by molar-refractivity contribution is -0.139. The molecule has 1 fully saturated rings. The van der Waals surface area contributed by atoms with Gasteiger partial charge in [-0.3, -0.25) is 9.69 Å². The number of esters is 2. The smallest absolute Gasteiger partial charge is 0.355 e. The molecule has 1 saturated heterocycles. The summed E-state index contributed by atoms with van der Waals surface area (Å²) in [6.07, 6.45) is 0. The number of morpholine rings is 1. The Labute approximate surface area is 225 Å². The molecule has 2 aromatic rings. The summed E-state index contributed by atoms with van der Waals surface area (Å²) in [6, 6.07) is 17.3. The second kappa shape index (κ2) is 12.1. The predicted molar refractivity (Wildman–Crippen MR) is 139 cm³/mol. The van der Waals surface area contributed by atoms with Crippen molar-refractivity contribution in [1.29, 1.82) is 5.26 Å². The van der Waals surface area contributed by atoms with E-state index in [-0.39, 0.29) is 35.2 Å². The number of benzene rings is 2. The van der Waals surface area contributed by atoms with Crippen molar-refractivity contribution in [1.82, 2.24) is 4.90 Å². The zero-order valence-electron chi connectivity index (χ0n) is 21.6. The van der Waals surface area contributed by atoms with Crippen LogP contribution in [-0.2, 0) is 28.6 Å². The van der Waals surface area contributed by atoms with Gasteiger partial charge >= 0.3 is 11.9 Å². The second-order valence-electron chi connectivity index (χ2n) is 8.61. The molecule has 11 nitrogen and oxygen atoms in total. The summed E-state index contributed by atoms with van der Waals surface area (Å²) in [5.41, 5.74) is 7.15. The molecule has 2 aromatic carbocycles. The zero-order chi connectivity index (χ0) is 27.9. The molecule has 0 spiro atoms. The first-order valence-electron chi connectivity index (χ1n) is 12.1. The summed E-state index contributed by atoms with van der Waals surface area (Å²) in [6.45, 7) is 1.71. The molecule has 1 unspecified atom stereocenters. The number of rotatable bonds is 7. The number of anilines is 1. The summed E-state index contributed by atoms with van der Waals surface area (Å²) in [5.74, 6) is -2.60. The molecule has 2 N–H and O–H groups in total. The third-order valence-corrected chi connectivity index (χ3v) is 6.41. The van der Waals surface area contributed by atoms with Crippen LogP contribution in [0.4, 0.5) is 5.69 Å². The molecule has 0 radical (unpaired) electrons. The average molecular weight is 533 g/mol. The average Bonchev–Trinajstić information content (AvgIpc) is 2.99. The highest BCUT2D eigenvalue weighted by Crippen LogP contribution is 2.43. The molecule has 4 rings (SSSR count). The van der Waals surface area contributed by atoms with Gasteiger partial charge < -0.3 is 29.6 Å². The zero-order valence-corrected chi connectivity index (χ0v) is 21.6. The summed E-state index contributed by atoms with van der Waals surface area (Å²) in [7, 11) is 2.36. The van der Waals surface area contributed by atoms with Crippen LogP contribution in [0.2, 0.25) is 0 Å². The van der Waals surface area contributed by atoms with Gasteiger partial charge in [-0.2, -0.15) is 5.26 Å². The van der Waals surface area contributed by atoms with Crippen LogP contribution in [0.5, 0.6) is 5.75 Å². The van der Waals surface area contributed by atoms with Gasteiger partial charge in [0.15, 0.2) is 6.61 Å². The Morgan fingerprint density at radius 2 is 1.72 bits per heavy atom. The molecule has 2 aliphatic rings. The molecule has 11 heteroatoms. The Morgan fingerprint density at radius 3 is 2.36 bits per heavy atom. The standard InChI is InChI=1S/C28H28N4O7/c1-36-27(34)24-23(18-7-4-3-5-8-18)21(16-29)26(30)32(25(24)28(35)37-2)19-9-6-10-20(15-19)39-17-22(33)31-11-13-38-14-12-31/h3-10,15,23H,11-14,17,30H2,1-2H3. The van der Waals surface area contributed by atoms with E-state index in [0.717, 1.165) is 0 Å². The van der Waals surface area contributed by atoms with Crippen molar-refractivity contribution < 1.29 is 33.3 Å². The van der Waals surface area contributed by atoms with Gasteiger partial charge in [-0.05, 0) is 17.7 Å². The lowest BCUT2D eigenvalue weighted by atomic mass is 9.81. The van der Waals surface area contributed by atoms with Gasteiger partial charge in [0.25, 0.3) is 5.91 Å². The molecule has 2 aliphatic heterocycles. The fraction of sp³-hybridized carbons (Fsp3) is 0.286. The summed E-state index contributed by atoms with van der Waals surface area (Å²) >= 11 is 0. The highest BCUT2D eigenvalue weighted by molar-refractivity contribution is 6.06. The minimum Gasteiger partial charge on any atom is -0.484 e. The van der Waals surface area contributed by atoms with Crippen molar-refractivity contribution in [2.75, 3.05) is 52.0 Å². The fourth-order valence-corrected chi connectivity index (χ4v) is 4.54. The molecule has 0 aromatic heterocycles. The minimum atomic E-state index is -0.973. The van der Waals surface area contributed by atoms with Gasteiger partial charge in [0.1, 0.15) is 17.3 Å². The number of hydrogen-bond donors (Lipinski definition) is 1. The third kappa shape index (κ3) is 5.56. The number of nitriles is 1. The fourth-order valence-electron chi connectivity index (χ4n) is 4.54. The van der Waals surface area contributed by atoms with Crippen molar-refractivity contribution in [3.63, 3.8) is 0 Å². The number of hydrogen-bond acceptors (Lipinski definition) is 10. The largest absolute Gasteiger partial charge is 0.484 e. The molecule has 0 aliphatic carbocycles. The van der Waals surface area contributed by atoms with Gasteiger partial charge in [0.2, 0.25) is 0 Å². The van der Waals surface area contributed by atoms with E-state index in [2.05, 4.69) is 6.07 Å². The van der Waals surface area contributed by atoms with Crippen LogP contribution < -0.4 is 15.4 Å². The summed E-state index contributed by atoms with van der Waals surface area (Å²) in [4.78, 5) is 41.8. The molecule has 2 heterocycles. The van der Waals surface area contributed by atoms with Crippen molar-refractivity contribution in [3.8, 4) is 11.8 Å². The Hall–Kier alpha value is -4.82. The normalized spacial score (nSPS) is 17.4. The Balaban J connectivity index is 1.78. The SMILES string of the molecule is COC(=O)C1=C(C(=O)OC)N(c2cccc(OCC(=O)N3CCOCC3)c2)C(N)=C(C#N)C1c1ccccc1. The van der Waals surface area contributed by atoms with Gasteiger partial charge in [-0.1, -0.05) is 36.4 Å². The summed E-state index contributed by atoms with van der Waals surface area (Å²) in [5, 5.41) is 10.2. The molecular weight excluding hydrogens is 504 g/mol. The number of methoxy groups -OCH3 is 2. The number of ether oxygens (including phenoxy) is 4. The predicted octanol–water partition coefficient (Wildman–Crippen LogP) is 1.82. The molecule has 39 heavy (non-hydrogen) atoms. The van der Waals surface area contributed by atoms with Crippen molar-refractivity contribution in [3.05, 3.63) is 82.8 Å². The first-order valence-corrected chi connectivity index (χ1v) is 12.1. The monoisotopic (exact) mass is 532 g/mol. The second-order valence-corrected chi connectivity index (χ2v) is 8.61. The third-order valence-electron chi connectivity index (χ3n) is 6.41. The molecule has 1 atom stereocenters. The van der Waals surface area contributed by atoms with Crippen LogP contribution in [0, 0.1) is 11.3 Å². The van der Waals surface area contributed by atoms with Crippen LogP contribution in [0.15, 0.2) is 77.3 Å². The van der Waals surface area contributed by atoms with E-state index in [9.17, 15) is 19.6 Å². The van der Waals surface area contributed by atoms with Gasteiger partial charge in [0.05, 0.1) is 56.3 Å². The lowest BCUT2D eigenvalue weighted by Gasteiger charge is -2.36. The van der Waals surface area contributed by atoms with Crippen LogP contribution in [0.25, 0.3) is 0 Å². The maximum Gasteiger partial charge on any atom is 0.355 e. The molecule has 1 amide bonds.